The highest BCUT2D eigenvalue weighted by molar-refractivity contribution is 5.67. The highest BCUT2D eigenvalue weighted by atomic mass is 19.4. The Hall–Kier alpha value is -1.92. The second kappa shape index (κ2) is 7.10. The lowest BCUT2D eigenvalue weighted by molar-refractivity contribution is -0.153. The monoisotopic (exact) mass is 333 g/mol. The molecular formula is C16H22F3NO3. The van der Waals surface area contributed by atoms with Crippen LogP contribution in [0.2, 0.25) is 0 Å². The lowest BCUT2D eigenvalue weighted by Gasteiger charge is -2.39. The van der Waals surface area contributed by atoms with Crippen molar-refractivity contribution >= 4 is 6.09 Å². The van der Waals surface area contributed by atoms with Gasteiger partial charge in [-0.3, -0.25) is 4.90 Å². The number of carbonyl (C=O) groups is 1. The van der Waals surface area contributed by atoms with Crippen molar-refractivity contribution in [2.45, 2.75) is 51.9 Å². The van der Waals surface area contributed by atoms with Crippen LogP contribution in [0, 0.1) is 0 Å². The van der Waals surface area contributed by atoms with Gasteiger partial charge in [0.25, 0.3) is 0 Å². The fourth-order valence-corrected chi connectivity index (χ4v) is 2.41. The molecule has 1 atom stereocenters. The van der Waals surface area contributed by atoms with Crippen LogP contribution in [0.5, 0.6) is 5.75 Å². The Morgan fingerprint density at radius 3 is 2.09 bits per heavy atom. The maximum absolute atomic E-state index is 12.1. The number of carboxylic acid groups (broad SMARTS) is 1. The van der Waals surface area contributed by atoms with E-state index in [2.05, 4.69) is 4.74 Å². The molecule has 1 amide bonds. The van der Waals surface area contributed by atoms with Gasteiger partial charge in [-0.1, -0.05) is 19.1 Å². The maximum Gasteiger partial charge on any atom is 0.422 e. The number of hydrogen-bond acceptors (Lipinski definition) is 2. The summed E-state index contributed by atoms with van der Waals surface area (Å²) in [6.07, 6.45) is -4.88. The van der Waals surface area contributed by atoms with E-state index >= 15 is 0 Å². The molecule has 130 valence electrons. The fraction of sp³-hybridized carbons (Fsp3) is 0.562. The summed E-state index contributed by atoms with van der Waals surface area (Å²) in [5.74, 6) is 0.0959. The summed E-state index contributed by atoms with van der Waals surface area (Å²) < 4.78 is 41.1. The second-order valence-corrected chi connectivity index (χ2v) is 6.22. The zero-order valence-electron chi connectivity index (χ0n) is 13.6. The summed E-state index contributed by atoms with van der Waals surface area (Å²) in [4.78, 5) is 12.9. The molecule has 0 radical (unpaired) electrons. The quantitative estimate of drug-likeness (QED) is 0.837. The van der Waals surface area contributed by atoms with E-state index in [-0.39, 0.29) is 11.8 Å². The van der Waals surface area contributed by atoms with E-state index in [0.29, 0.717) is 12.0 Å². The van der Waals surface area contributed by atoms with E-state index in [0.717, 1.165) is 0 Å². The number of halogens is 3. The highest BCUT2D eigenvalue weighted by Gasteiger charge is 2.33. The smallest absolute Gasteiger partial charge is 0.422 e. The first kappa shape index (κ1) is 19.1. The largest absolute Gasteiger partial charge is 0.484 e. The van der Waals surface area contributed by atoms with Gasteiger partial charge in [-0.05, 0) is 44.9 Å². The summed E-state index contributed by atoms with van der Waals surface area (Å²) in [5, 5.41) is 9.48. The summed E-state index contributed by atoms with van der Waals surface area (Å²) in [6, 6.07) is 5.66. The second-order valence-electron chi connectivity index (χ2n) is 6.22. The molecule has 1 aromatic rings. The van der Waals surface area contributed by atoms with Crippen LogP contribution in [0.25, 0.3) is 0 Å². The van der Waals surface area contributed by atoms with Gasteiger partial charge in [0, 0.05) is 5.54 Å². The number of benzene rings is 1. The van der Waals surface area contributed by atoms with Gasteiger partial charge in [0.1, 0.15) is 5.75 Å². The molecule has 1 aromatic carbocycles. The first-order valence-corrected chi connectivity index (χ1v) is 7.27. The van der Waals surface area contributed by atoms with E-state index in [1.165, 1.54) is 17.0 Å². The lowest BCUT2D eigenvalue weighted by atomic mass is 9.96. The topological polar surface area (TPSA) is 49.8 Å². The normalized spacial score (nSPS) is 13.5. The van der Waals surface area contributed by atoms with Gasteiger partial charge in [-0.25, -0.2) is 4.79 Å². The Labute approximate surface area is 133 Å². The molecule has 0 spiro atoms. The van der Waals surface area contributed by atoms with Crippen molar-refractivity contribution in [3.05, 3.63) is 29.8 Å². The Morgan fingerprint density at radius 1 is 1.22 bits per heavy atom. The lowest BCUT2D eigenvalue weighted by Crippen LogP contribution is -2.47. The molecule has 0 bridgehead atoms. The van der Waals surface area contributed by atoms with Gasteiger partial charge >= 0.3 is 12.3 Å². The molecule has 0 aliphatic heterocycles. The Morgan fingerprint density at radius 2 is 1.74 bits per heavy atom. The van der Waals surface area contributed by atoms with Crippen molar-refractivity contribution in [2.75, 3.05) is 6.61 Å². The van der Waals surface area contributed by atoms with E-state index in [9.17, 15) is 23.1 Å². The van der Waals surface area contributed by atoms with Gasteiger partial charge < -0.3 is 9.84 Å². The van der Waals surface area contributed by atoms with Crippen molar-refractivity contribution in [3.8, 4) is 5.75 Å². The highest BCUT2D eigenvalue weighted by Crippen LogP contribution is 2.32. The molecule has 0 heterocycles. The first-order valence-electron chi connectivity index (χ1n) is 7.27. The summed E-state index contributed by atoms with van der Waals surface area (Å²) in [6.45, 7) is 5.90. The minimum atomic E-state index is -4.39. The first-order chi connectivity index (χ1) is 10.5. The Bertz CT molecular complexity index is 521. The number of hydrogen-bond donors (Lipinski definition) is 1. The van der Waals surface area contributed by atoms with Crippen molar-refractivity contribution in [1.29, 1.82) is 0 Å². The van der Waals surface area contributed by atoms with Gasteiger partial charge in [0.05, 0.1) is 6.04 Å². The minimum Gasteiger partial charge on any atom is -0.484 e. The van der Waals surface area contributed by atoms with E-state index in [1.54, 1.807) is 32.9 Å². The van der Waals surface area contributed by atoms with E-state index in [1.807, 2.05) is 6.92 Å². The van der Waals surface area contributed by atoms with Gasteiger partial charge in [0.2, 0.25) is 0 Å². The fourth-order valence-electron chi connectivity index (χ4n) is 2.41. The number of rotatable bonds is 5. The zero-order valence-corrected chi connectivity index (χ0v) is 13.6. The third kappa shape index (κ3) is 5.65. The minimum absolute atomic E-state index is 0.0959. The molecule has 0 aromatic heterocycles. The third-order valence-electron chi connectivity index (χ3n) is 3.29. The van der Waals surface area contributed by atoms with Crippen molar-refractivity contribution in [2.24, 2.45) is 0 Å². The molecule has 1 N–H and O–H groups in total. The SMILES string of the molecule is CCC(c1ccc(OCC(F)(F)F)cc1)N(C(=O)O)C(C)(C)C. The number of alkyl halides is 3. The zero-order chi connectivity index (χ0) is 17.8. The van der Waals surface area contributed by atoms with E-state index in [4.69, 9.17) is 0 Å². The van der Waals surface area contributed by atoms with Crippen LogP contribution in [-0.2, 0) is 0 Å². The van der Waals surface area contributed by atoms with E-state index < -0.39 is 24.4 Å². The molecule has 0 fully saturated rings. The molecule has 23 heavy (non-hydrogen) atoms. The molecule has 0 saturated carbocycles. The van der Waals surface area contributed by atoms with Crippen LogP contribution in [-0.4, -0.2) is 34.4 Å². The van der Waals surface area contributed by atoms with Crippen LogP contribution in [0.3, 0.4) is 0 Å². The average Bonchev–Trinajstić information content (AvgIpc) is 2.40. The van der Waals surface area contributed by atoms with Crippen molar-refractivity contribution in [3.63, 3.8) is 0 Å². The number of amides is 1. The molecular weight excluding hydrogens is 311 g/mol. The molecule has 1 rings (SSSR count). The van der Waals surface area contributed by atoms with Gasteiger partial charge in [0.15, 0.2) is 6.61 Å². The molecule has 0 aliphatic rings. The Balaban J connectivity index is 2.97. The third-order valence-corrected chi connectivity index (χ3v) is 3.29. The molecule has 0 saturated heterocycles. The van der Waals surface area contributed by atoms with Crippen LogP contribution < -0.4 is 4.74 Å². The average molecular weight is 333 g/mol. The molecule has 4 nitrogen and oxygen atoms in total. The van der Waals surface area contributed by atoms with Crippen LogP contribution in [0.1, 0.15) is 45.7 Å². The van der Waals surface area contributed by atoms with Crippen molar-refractivity contribution < 1.29 is 27.8 Å². The number of nitrogens with zero attached hydrogens (tertiary/aromatic N) is 1. The standard InChI is InChI=1S/C16H22F3NO3/c1-5-13(20(14(21)22)15(2,3)4)11-6-8-12(9-7-11)23-10-16(17,18)19/h6-9,13H,5,10H2,1-4H3,(H,21,22). The summed E-state index contributed by atoms with van der Waals surface area (Å²) in [7, 11) is 0. The summed E-state index contributed by atoms with van der Waals surface area (Å²) >= 11 is 0. The molecule has 1 unspecified atom stereocenters. The number of ether oxygens (including phenoxy) is 1. The Kier molecular flexibility index (Phi) is 5.91. The van der Waals surface area contributed by atoms with Crippen LogP contribution in [0.4, 0.5) is 18.0 Å². The summed E-state index contributed by atoms with van der Waals surface area (Å²) in [5.41, 5.74) is 0.113. The van der Waals surface area contributed by atoms with Gasteiger partial charge in [-0.15, -0.1) is 0 Å². The molecule has 7 heteroatoms. The van der Waals surface area contributed by atoms with Crippen molar-refractivity contribution in [1.82, 2.24) is 4.90 Å². The van der Waals surface area contributed by atoms with Crippen LogP contribution in [0.15, 0.2) is 24.3 Å². The van der Waals surface area contributed by atoms with Crippen LogP contribution >= 0.6 is 0 Å². The van der Waals surface area contributed by atoms with Gasteiger partial charge in [-0.2, -0.15) is 13.2 Å². The predicted octanol–water partition coefficient (Wildman–Crippen LogP) is 4.86. The molecule has 0 aliphatic carbocycles. The predicted molar refractivity (Wildman–Crippen MR) is 80.6 cm³/mol. The maximum atomic E-state index is 12.1.